The van der Waals surface area contributed by atoms with Gasteiger partial charge in [0.15, 0.2) is 0 Å². The van der Waals surface area contributed by atoms with Crippen LogP contribution in [0.25, 0.3) is 0 Å². The van der Waals surface area contributed by atoms with Crippen molar-refractivity contribution in [1.82, 2.24) is 0 Å². The standard InChI is InChI=1S/C38H60O5/c1-24(2)12-9-13-25(3)14-10-15-26(4)16-11-20-38(8)21-19-31-29(7)36(27(5)28(6)37(31)43-38)42-34-23-41-33-22-30(39)17-18-32(33)35(34)40/h23-26,30,32-33,39H,9-22H2,1-8H3. The number of carbonyl (C=O) groups excluding carboxylic acids is 1. The Kier molecular flexibility index (Phi) is 11.7. The van der Waals surface area contributed by atoms with E-state index in [4.69, 9.17) is 14.2 Å². The molecule has 6 unspecified atom stereocenters. The molecule has 1 saturated carbocycles. The second kappa shape index (κ2) is 14.8. The van der Waals surface area contributed by atoms with Crippen LogP contribution in [-0.4, -0.2) is 28.7 Å². The summed E-state index contributed by atoms with van der Waals surface area (Å²) in [6.45, 7) is 18.1. The van der Waals surface area contributed by atoms with Crippen LogP contribution in [0.15, 0.2) is 12.0 Å². The molecular formula is C38H60O5. The summed E-state index contributed by atoms with van der Waals surface area (Å²) in [4.78, 5) is 13.3. The zero-order chi connectivity index (χ0) is 31.3. The summed E-state index contributed by atoms with van der Waals surface area (Å²) in [5.74, 6) is 4.25. The van der Waals surface area contributed by atoms with Gasteiger partial charge in [-0.2, -0.15) is 0 Å². The summed E-state index contributed by atoms with van der Waals surface area (Å²) in [5, 5.41) is 9.99. The SMILES string of the molecule is Cc1c(C)c2c(c(C)c1OC1=COC3CC(O)CCC3C1=O)CCC(C)(CCCC(C)CCCC(C)CCCC(C)C)O2. The Hall–Kier alpha value is -2.01. The predicted octanol–water partition coefficient (Wildman–Crippen LogP) is 9.48. The minimum absolute atomic E-state index is 0.00785. The van der Waals surface area contributed by atoms with Gasteiger partial charge in [-0.3, -0.25) is 4.79 Å². The molecule has 1 aromatic rings. The van der Waals surface area contributed by atoms with Crippen molar-refractivity contribution >= 4 is 5.78 Å². The molecule has 1 fully saturated rings. The Bertz CT molecular complexity index is 1140. The highest BCUT2D eigenvalue weighted by molar-refractivity contribution is 5.96. The normalized spacial score (nSPS) is 26.6. The molecule has 3 aliphatic rings. The molecule has 4 rings (SSSR count). The molecule has 2 heterocycles. The number of ketones is 1. The Morgan fingerprint density at radius 3 is 2.26 bits per heavy atom. The molecule has 5 nitrogen and oxygen atoms in total. The number of aliphatic hydroxyl groups is 1. The van der Waals surface area contributed by atoms with Crippen LogP contribution in [0.1, 0.15) is 140 Å². The van der Waals surface area contributed by atoms with Crippen molar-refractivity contribution in [3.8, 4) is 11.5 Å². The zero-order valence-electron chi connectivity index (χ0n) is 28.5. The minimum atomic E-state index is -0.394. The quantitative estimate of drug-likeness (QED) is 0.232. The Balaban J connectivity index is 1.30. The minimum Gasteiger partial charge on any atom is -0.493 e. The van der Waals surface area contributed by atoms with Gasteiger partial charge in [-0.05, 0) is 101 Å². The molecule has 1 aliphatic carbocycles. The smallest absolute Gasteiger partial charge is 0.208 e. The van der Waals surface area contributed by atoms with Crippen LogP contribution < -0.4 is 9.47 Å². The van der Waals surface area contributed by atoms with Crippen LogP contribution >= 0.6 is 0 Å². The molecule has 43 heavy (non-hydrogen) atoms. The summed E-state index contributed by atoms with van der Waals surface area (Å²) in [6, 6.07) is 0. The molecule has 242 valence electrons. The van der Waals surface area contributed by atoms with E-state index in [-0.39, 0.29) is 29.2 Å². The first-order valence-electron chi connectivity index (χ1n) is 17.5. The summed E-state index contributed by atoms with van der Waals surface area (Å²) in [7, 11) is 0. The lowest BCUT2D eigenvalue weighted by Gasteiger charge is -2.39. The van der Waals surface area contributed by atoms with Gasteiger partial charge in [-0.15, -0.1) is 0 Å². The largest absolute Gasteiger partial charge is 0.493 e. The number of rotatable bonds is 14. The molecule has 5 heteroatoms. The van der Waals surface area contributed by atoms with Crippen molar-refractivity contribution in [2.75, 3.05) is 0 Å². The second-order valence-electron chi connectivity index (χ2n) is 15.1. The molecule has 0 spiro atoms. The third-order valence-corrected chi connectivity index (χ3v) is 10.7. The summed E-state index contributed by atoms with van der Waals surface area (Å²) in [6.07, 6.45) is 16.3. The molecular weight excluding hydrogens is 536 g/mol. The second-order valence-corrected chi connectivity index (χ2v) is 15.1. The van der Waals surface area contributed by atoms with Gasteiger partial charge in [-0.1, -0.05) is 72.6 Å². The lowest BCUT2D eigenvalue weighted by atomic mass is 9.80. The average molecular weight is 597 g/mol. The number of aliphatic hydroxyl groups excluding tert-OH is 1. The lowest BCUT2D eigenvalue weighted by Crippen LogP contribution is -2.42. The molecule has 2 aliphatic heterocycles. The van der Waals surface area contributed by atoms with Crippen LogP contribution in [-0.2, 0) is 16.0 Å². The maximum atomic E-state index is 13.3. The van der Waals surface area contributed by atoms with Crippen molar-refractivity contribution in [3.63, 3.8) is 0 Å². The highest BCUT2D eigenvalue weighted by Crippen LogP contribution is 2.46. The number of hydrogen-bond donors (Lipinski definition) is 1. The van der Waals surface area contributed by atoms with Gasteiger partial charge in [0.05, 0.1) is 12.0 Å². The first-order valence-corrected chi connectivity index (χ1v) is 17.5. The molecule has 0 aromatic heterocycles. The van der Waals surface area contributed by atoms with E-state index in [9.17, 15) is 9.90 Å². The molecule has 0 saturated heterocycles. The monoisotopic (exact) mass is 596 g/mol. The van der Waals surface area contributed by atoms with E-state index in [1.165, 1.54) is 63.2 Å². The number of benzene rings is 1. The number of ether oxygens (including phenoxy) is 3. The third-order valence-electron chi connectivity index (χ3n) is 10.7. The summed E-state index contributed by atoms with van der Waals surface area (Å²) in [5.41, 5.74) is 4.22. The molecule has 0 amide bonds. The van der Waals surface area contributed by atoms with Crippen LogP contribution in [0, 0.1) is 44.4 Å². The Labute approximate surface area is 262 Å². The lowest BCUT2D eigenvalue weighted by molar-refractivity contribution is -0.132. The maximum Gasteiger partial charge on any atom is 0.208 e. The van der Waals surface area contributed by atoms with E-state index in [1.54, 1.807) is 0 Å². The fourth-order valence-corrected chi connectivity index (χ4v) is 7.55. The molecule has 0 bridgehead atoms. The highest BCUT2D eigenvalue weighted by Gasteiger charge is 2.41. The molecule has 6 atom stereocenters. The Morgan fingerprint density at radius 1 is 0.930 bits per heavy atom. The van der Waals surface area contributed by atoms with Crippen LogP contribution in [0.5, 0.6) is 11.5 Å². The van der Waals surface area contributed by atoms with E-state index in [2.05, 4.69) is 55.4 Å². The van der Waals surface area contributed by atoms with Gasteiger partial charge < -0.3 is 19.3 Å². The van der Waals surface area contributed by atoms with Crippen molar-refractivity contribution < 1.29 is 24.1 Å². The first kappa shape index (κ1) is 33.9. The van der Waals surface area contributed by atoms with Crippen molar-refractivity contribution in [3.05, 3.63) is 34.3 Å². The van der Waals surface area contributed by atoms with Crippen molar-refractivity contribution in [2.45, 2.75) is 163 Å². The number of hydrogen-bond acceptors (Lipinski definition) is 5. The summed E-state index contributed by atoms with van der Waals surface area (Å²) < 4.78 is 19.0. The maximum absolute atomic E-state index is 13.3. The average Bonchev–Trinajstić information content (AvgIpc) is 2.95. The predicted molar refractivity (Wildman–Crippen MR) is 175 cm³/mol. The fraction of sp³-hybridized carbons (Fsp3) is 0.763. The van der Waals surface area contributed by atoms with E-state index >= 15 is 0 Å². The van der Waals surface area contributed by atoms with Crippen LogP contribution in [0.4, 0.5) is 0 Å². The fourth-order valence-electron chi connectivity index (χ4n) is 7.55. The van der Waals surface area contributed by atoms with Crippen molar-refractivity contribution in [2.24, 2.45) is 23.7 Å². The third kappa shape index (κ3) is 8.59. The van der Waals surface area contributed by atoms with E-state index in [0.717, 1.165) is 65.2 Å². The number of allylic oxidation sites excluding steroid dienone is 1. The number of carbonyl (C=O) groups is 1. The van der Waals surface area contributed by atoms with Crippen molar-refractivity contribution in [1.29, 1.82) is 0 Å². The van der Waals surface area contributed by atoms with Gasteiger partial charge in [0.25, 0.3) is 0 Å². The van der Waals surface area contributed by atoms with Gasteiger partial charge >= 0.3 is 0 Å². The Morgan fingerprint density at radius 2 is 1.58 bits per heavy atom. The molecule has 1 N–H and O–H groups in total. The number of fused-ring (bicyclic) bond motifs is 2. The van der Waals surface area contributed by atoms with Gasteiger partial charge in [-0.25, -0.2) is 0 Å². The summed E-state index contributed by atoms with van der Waals surface area (Å²) >= 11 is 0. The highest BCUT2D eigenvalue weighted by atomic mass is 16.5. The molecule has 0 radical (unpaired) electrons. The van der Waals surface area contributed by atoms with Gasteiger partial charge in [0, 0.05) is 12.0 Å². The first-order chi connectivity index (χ1) is 20.4. The topological polar surface area (TPSA) is 65.0 Å². The van der Waals surface area contributed by atoms with E-state index in [1.807, 2.05) is 0 Å². The molecule has 1 aromatic carbocycles. The zero-order valence-corrected chi connectivity index (χ0v) is 28.5. The van der Waals surface area contributed by atoms with Gasteiger partial charge in [0.1, 0.15) is 29.5 Å². The van der Waals surface area contributed by atoms with Gasteiger partial charge in [0.2, 0.25) is 11.5 Å². The van der Waals surface area contributed by atoms with E-state index in [0.29, 0.717) is 19.3 Å². The number of Topliss-reactive ketones (excluding diaryl/α,β-unsaturated/α-hetero) is 1. The van der Waals surface area contributed by atoms with E-state index < -0.39 is 6.10 Å². The van der Waals surface area contributed by atoms with Crippen LogP contribution in [0.3, 0.4) is 0 Å². The van der Waals surface area contributed by atoms with Crippen LogP contribution in [0.2, 0.25) is 0 Å².